The third-order valence-electron chi connectivity index (χ3n) is 3.74. The Morgan fingerprint density at radius 2 is 1.83 bits per heavy atom. The minimum atomic E-state index is -0.122. The van der Waals surface area contributed by atoms with Gasteiger partial charge in [-0.1, -0.05) is 18.2 Å². The summed E-state index contributed by atoms with van der Waals surface area (Å²) in [5.41, 5.74) is 2.54. The number of anilines is 2. The van der Waals surface area contributed by atoms with Crippen LogP contribution in [0.4, 0.5) is 11.4 Å². The van der Waals surface area contributed by atoms with Gasteiger partial charge in [-0.2, -0.15) is 0 Å². The summed E-state index contributed by atoms with van der Waals surface area (Å²) in [4.78, 5) is 20.7. The number of nitrogens with zero attached hydrogens (tertiary/aromatic N) is 3. The largest absolute Gasteiger partial charge is 0.351 e. The summed E-state index contributed by atoms with van der Waals surface area (Å²) in [6, 6.07) is 13.9. The molecule has 128 valence electrons. The Kier molecular flexibility index (Phi) is 6.75. The van der Waals surface area contributed by atoms with E-state index in [1.807, 2.05) is 38.4 Å². The van der Waals surface area contributed by atoms with E-state index in [1.54, 1.807) is 12.3 Å². The van der Waals surface area contributed by atoms with Crippen LogP contribution < -0.4 is 10.2 Å². The lowest BCUT2D eigenvalue weighted by atomic mass is 10.2. The Balaban J connectivity index is 1.98. The summed E-state index contributed by atoms with van der Waals surface area (Å²) < 4.78 is 0. The maximum absolute atomic E-state index is 12.1. The number of para-hydroxylation sites is 1. The molecule has 0 saturated heterocycles. The Hall–Kier alpha value is -2.40. The van der Waals surface area contributed by atoms with Gasteiger partial charge in [0, 0.05) is 18.8 Å². The zero-order valence-corrected chi connectivity index (χ0v) is 14.7. The Morgan fingerprint density at radius 1 is 1.08 bits per heavy atom. The van der Waals surface area contributed by atoms with Crippen LogP contribution >= 0.6 is 0 Å². The number of hydrogen-bond donors (Lipinski definition) is 1. The van der Waals surface area contributed by atoms with E-state index in [0.29, 0.717) is 12.2 Å². The summed E-state index contributed by atoms with van der Waals surface area (Å²) >= 11 is 0. The van der Waals surface area contributed by atoms with E-state index in [9.17, 15) is 4.79 Å². The van der Waals surface area contributed by atoms with Gasteiger partial charge in [0.05, 0.1) is 11.9 Å². The van der Waals surface area contributed by atoms with E-state index >= 15 is 0 Å². The van der Waals surface area contributed by atoms with Crippen molar-refractivity contribution in [2.75, 3.05) is 38.6 Å². The van der Waals surface area contributed by atoms with Crippen LogP contribution in [0, 0.1) is 0 Å². The SMILES string of the molecule is CCN(c1ccccc1)c1ccc(C(=O)NCCCN(C)C)nc1. The van der Waals surface area contributed by atoms with E-state index in [-0.39, 0.29) is 5.91 Å². The van der Waals surface area contributed by atoms with Crippen molar-refractivity contribution in [3.05, 3.63) is 54.4 Å². The molecule has 0 saturated carbocycles. The van der Waals surface area contributed by atoms with Crippen molar-refractivity contribution in [1.29, 1.82) is 0 Å². The maximum atomic E-state index is 12.1. The second kappa shape index (κ2) is 9.03. The summed E-state index contributed by atoms with van der Waals surface area (Å²) in [5.74, 6) is -0.122. The molecule has 1 amide bonds. The number of aromatic nitrogens is 1. The fourth-order valence-corrected chi connectivity index (χ4v) is 2.49. The van der Waals surface area contributed by atoms with Gasteiger partial charge in [-0.15, -0.1) is 0 Å². The highest BCUT2D eigenvalue weighted by atomic mass is 16.1. The molecule has 24 heavy (non-hydrogen) atoms. The highest BCUT2D eigenvalue weighted by Gasteiger charge is 2.10. The first-order chi connectivity index (χ1) is 11.6. The molecule has 5 nitrogen and oxygen atoms in total. The Labute approximate surface area is 144 Å². The molecule has 0 fully saturated rings. The number of carbonyl (C=O) groups excluding carboxylic acids is 1. The molecule has 0 radical (unpaired) electrons. The third-order valence-corrected chi connectivity index (χ3v) is 3.74. The number of carbonyl (C=O) groups is 1. The van der Waals surface area contributed by atoms with E-state index < -0.39 is 0 Å². The van der Waals surface area contributed by atoms with Crippen molar-refractivity contribution in [1.82, 2.24) is 15.2 Å². The quantitative estimate of drug-likeness (QED) is 0.758. The van der Waals surface area contributed by atoms with Crippen molar-refractivity contribution < 1.29 is 4.79 Å². The van der Waals surface area contributed by atoms with Crippen LogP contribution in [0.2, 0.25) is 0 Å². The zero-order chi connectivity index (χ0) is 17.4. The normalized spacial score (nSPS) is 10.7. The first kappa shape index (κ1) is 17.9. The zero-order valence-electron chi connectivity index (χ0n) is 14.7. The predicted octanol–water partition coefficient (Wildman–Crippen LogP) is 2.92. The molecule has 0 atom stereocenters. The highest BCUT2D eigenvalue weighted by Crippen LogP contribution is 2.23. The number of hydrogen-bond acceptors (Lipinski definition) is 4. The van der Waals surface area contributed by atoms with Crippen LogP contribution in [-0.2, 0) is 0 Å². The standard InChI is InChI=1S/C19H26N4O/c1-4-23(16-9-6-5-7-10-16)17-11-12-18(21-15-17)19(24)20-13-8-14-22(2)3/h5-7,9-12,15H,4,8,13-14H2,1-3H3,(H,20,24). The van der Waals surface area contributed by atoms with Crippen LogP contribution in [0.15, 0.2) is 48.7 Å². The molecule has 1 heterocycles. The van der Waals surface area contributed by atoms with Gasteiger partial charge < -0.3 is 15.1 Å². The number of benzene rings is 1. The van der Waals surface area contributed by atoms with Gasteiger partial charge in [-0.05, 0) is 58.3 Å². The lowest BCUT2D eigenvalue weighted by Crippen LogP contribution is -2.27. The smallest absolute Gasteiger partial charge is 0.269 e. The van der Waals surface area contributed by atoms with Gasteiger partial charge in [0.15, 0.2) is 0 Å². The van der Waals surface area contributed by atoms with Gasteiger partial charge in [-0.3, -0.25) is 4.79 Å². The summed E-state index contributed by atoms with van der Waals surface area (Å²) in [6.07, 6.45) is 2.68. The van der Waals surface area contributed by atoms with E-state index in [0.717, 1.165) is 30.9 Å². The van der Waals surface area contributed by atoms with Crippen molar-refractivity contribution in [3.8, 4) is 0 Å². The molecule has 0 aliphatic carbocycles. The highest BCUT2D eigenvalue weighted by molar-refractivity contribution is 5.92. The number of rotatable bonds is 8. The topological polar surface area (TPSA) is 48.5 Å². The molecule has 0 unspecified atom stereocenters. The molecule has 2 rings (SSSR count). The molecule has 0 bridgehead atoms. The van der Waals surface area contributed by atoms with Crippen molar-refractivity contribution in [2.45, 2.75) is 13.3 Å². The fourth-order valence-electron chi connectivity index (χ4n) is 2.49. The van der Waals surface area contributed by atoms with Crippen molar-refractivity contribution >= 4 is 17.3 Å². The predicted molar refractivity (Wildman–Crippen MR) is 98.9 cm³/mol. The Morgan fingerprint density at radius 3 is 2.42 bits per heavy atom. The second-order valence-electron chi connectivity index (χ2n) is 5.89. The van der Waals surface area contributed by atoms with Crippen molar-refractivity contribution in [2.24, 2.45) is 0 Å². The van der Waals surface area contributed by atoms with E-state index in [1.165, 1.54) is 0 Å². The fraction of sp³-hybridized carbons (Fsp3) is 0.368. The van der Waals surface area contributed by atoms with Crippen LogP contribution in [0.1, 0.15) is 23.8 Å². The Bertz CT molecular complexity index is 626. The summed E-state index contributed by atoms with van der Waals surface area (Å²) in [7, 11) is 4.04. The van der Waals surface area contributed by atoms with Gasteiger partial charge in [0.1, 0.15) is 5.69 Å². The lowest BCUT2D eigenvalue weighted by molar-refractivity contribution is 0.0947. The summed E-state index contributed by atoms with van der Waals surface area (Å²) in [6.45, 7) is 4.54. The van der Waals surface area contributed by atoms with E-state index in [4.69, 9.17) is 0 Å². The molecule has 0 spiro atoms. The molecular formula is C19H26N4O. The van der Waals surface area contributed by atoms with Crippen LogP contribution in [-0.4, -0.2) is 49.5 Å². The van der Waals surface area contributed by atoms with Crippen LogP contribution in [0.3, 0.4) is 0 Å². The van der Waals surface area contributed by atoms with Gasteiger partial charge in [0.25, 0.3) is 5.91 Å². The average molecular weight is 326 g/mol. The minimum Gasteiger partial charge on any atom is -0.351 e. The van der Waals surface area contributed by atoms with Crippen LogP contribution in [0.25, 0.3) is 0 Å². The maximum Gasteiger partial charge on any atom is 0.269 e. The molecule has 1 N–H and O–H groups in total. The van der Waals surface area contributed by atoms with Crippen LogP contribution in [0.5, 0.6) is 0 Å². The van der Waals surface area contributed by atoms with Gasteiger partial charge >= 0.3 is 0 Å². The summed E-state index contributed by atoms with van der Waals surface area (Å²) in [5, 5.41) is 2.91. The third kappa shape index (κ3) is 5.06. The number of pyridine rings is 1. The second-order valence-corrected chi connectivity index (χ2v) is 5.89. The molecule has 1 aromatic heterocycles. The molecule has 1 aromatic carbocycles. The molecule has 0 aliphatic heterocycles. The number of amides is 1. The number of nitrogens with one attached hydrogen (secondary N) is 1. The monoisotopic (exact) mass is 326 g/mol. The van der Waals surface area contributed by atoms with Crippen molar-refractivity contribution in [3.63, 3.8) is 0 Å². The first-order valence-corrected chi connectivity index (χ1v) is 8.33. The van der Waals surface area contributed by atoms with Gasteiger partial charge in [0.2, 0.25) is 0 Å². The van der Waals surface area contributed by atoms with E-state index in [2.05, 4.69) is 39.2 Å². The molecular weight excluding hydrogens is 300 g/mol. The van der Waals surface area contributed by atoms with Gasteiger partial charge in [-0.25, -0.2) is 4.98 Å². The minimum absolute atomic E-state index is 0.122. The lowest BCUT2D eigenvalue weighted by Gasteiger charge is -2.23. The average Bonchev–Trinajstić information content (AvgIpc) is 2.60. The molecule has 2 aromatic rings. The molecule has 5 heteroatoms. The molecule has 0 aliphatic rings. The first-order valence-electron chi connectivity index (χ1n) is 8.33.